The van der Waals surface area contributed by atoms with Crippen molar-refractivity contribution in [1.82, 2.24) is 21.3 Å². The van der Waals surface area contributed by atoms with E-state index in [2.05, 4.69) is 37.2 Å². The maximum atomic E-state index is 13.0. The molecule has 7 atom stereocenters. The Morgan fingerprint density at radius 1 is 0.818 bits per heavy atom. The third-order valence-electron chi connectivity index (χ3n) is 9.50. The highest BCUT2D eigenvalue weighted by Crippen LogP contribution is 2.50. The third kappa shape index (κ3) is 5.95. The SMILES string of the molecule is O=C(NCC1CCCNC1)C1CCC(C2CC2C(=O)NC2CC3CCNCC3CC2Br)CC1. The fraction of sp³-hybridized carbons (Fsp3) is 0.923. The molecule has 0 aromatic rings. The number of rotatable bonds is 6. The van der Waals surface area contributed by atoms with Crippen LogP contribution in [0.3, 0.4) is 0 Å². The number of carbonyl (C=O) groups excluding carboxylic acids is 2. The zero-order chi connectivity index (χ0) is 22.8. The van der Waals surface area contributed by atoms with Crippen molar-refractivity contribution in [2.45, 2.75) is 75.1 Å². The number of nitrogens with one attached hydrogen (secondary N) is 4. The number of hydrogen-bond acceptors (Lipinski definition) is 4. The van der Waals surface area contributed by atoms with Crippen LogP contribution in [0.4, 0.5) is 0 Å². The Labute approximate surface area is 207 Å². The lowest BCUT2D eigenvalue weighted by Gasteiger charge is -2.42. The van der Waals surface area contributed by atoms with Crippen molar-refractivity contribution in [1.29, 1.82) is 0 Å². The molecule has 0 bridgehead atoms. The maximum absolute atomic E-state index is 13.0. The van der Waals surface area contributed by atoms with E-state index in [4.69, 9.17) is 0 Å². The van der Waals surface area contributed by atoms with Gasteiger partial charge in [-0.25, -0.2) is 0 Å². The van der Waals surface area contributed by atoms with Gasteiger partial charge in [0.15, 0.2) is 0 Å². The van der Waals surface area contributed by atoms with Crippen molar-refractivity contribution in [3.63, 3.8) is 0 Å². The summed E-state index contributed by atoms with van der Waals surface area (Å²) in [6.45, 7) is 5.23. The average Bonchev–Trinajstić information content (AvgIpc) is 3.65. The molecule has 2 saturated heterocycles. The Morgan fingerprint density at radius 2 is 1.64 bits per heavy atom. The molecule has 2 aliphatic heterocycles. The molecule has 5 aliphatic rings. The molecular formula is C26H43BrN4O2. The summed E-state index contributed by atoms with van der Waals surface area (Å²) in [7, 11) is 0. The standard InChI is InChI=1S/C26H43BrN4O2/c27-23-10-20-15-29-9-7-19(20)11-24(23)31-26(33)22-12-21(22)17-3-5-18(6-4-17)25(32)30-14-16-2-1-8-28-13-16/h16-24,28-29H,1-15H2,(H,30,32)(H,31,33). The van der Waals surface area contributed by atoms with Crippen LogP contribution in [0, 0.1) is 41.4 Å². The molecule has 3 aliphatic carbocycles. The second kappa shape index (κ2) is 10.9. The van der Waals surface area contributed by atoms with E-state index >= 15 is 0 Å². The maximum Gasteiger partial charge on any atom is 0.223 e. The van der Waals surface area contributed by atoms with Gasteiger partial charge in [-0.05, 0) is 120 Å². The van der Waals surface area contributed by atoms with Gasteiger partial charge in [-0.1, -0.05) is 15.9 Å². The summed E-state index contributed by atoms with van der Waals surface area (Å²) >= 11 is 3.88. The topological polar surface area (TPSA) is 82.3 Å². The molecule has 0 spiro atoms. The molecule has 5 fully saturated rings. The van der Waals surface area contributed by atoms with Crippen molar-refractivity contribution in [2.75, 3.05) is 32.7 Å². The minimum absolute atomic E-state index is 0.179. The van der Waals surface area contributed by atoms with Crippen LogP contribution in [0.25, 0.3) is 0 Å². The molecule has 2 amide bonds. The lowest BCUT2D eigenvalue weighted by Crippen LogP contribution is -2.51. The first-order valence-corrected chi connectivity index (χ1v) is 14.6. The first kappa shape index (κ1) is 24.1. The van der Waals surface area contributed by atoms with Crippen molar-refractivity contribution < 1.29 is 9.59 Å². The van der Waals surface area contributed by atoms with Crippen LogP contribution in [0.5, 0.6) is 0 Å². The van der Waals surface area contributed by atoms with Gasteiger partial charge in [-0.3, -0.25) is 9.59 Å². The number of carbonyl (C=O) groups is 2. The van der Waals surface area contributed by atoms with Crippen molar-refractivity contribution >= 4 is 27.7 Å². The summed E-state index contributed by atoms with van der Waals surface area (Å²) in [6.07, 6.45) is 11.2. The van der Waals surface area contributed by atoms with Crippen LogP contribution >= 0.6 is 15.9 Å². The first-order valence-electron chi connectivity index (χ1n) is 13.7. The van der Waals surface area contributed by atoms with Gasteiger partial charge < -0.3 is 21.3 Å². The molecule has 33 heavy (non-hydrogen) atoms. The average molecular weight is 524 g/mol. The molecule has 4 N–H and O–H groups in total. The Balaban J connectivity index is 1.02. The van der Waals surface area contributed by atoms with E-state index in [1.165, 1.54) is 25.7 Å². The highest BCUT2D eigenvalue weighted by Gasteiger charge is 2.49. The smallest absolute Gasteiger partial charge is 0.223 e. The number of hydrogen-bond donors (Lipinski definition) is 4. The monoisotopic (exact) mass is 522 g/mol. The van der Waals surface area contributed by atoms with E-state index in [0.717, 1.165) is 83.1 Å². The summed E-state index contributed by atoms with van der Waals surface area (Å²) in [5.74, 6) is 4.24. The number of fused-ring (bicyclic) bond motifs is 1. The molecule has 7 unspecified atom stereocenters. The molecule has 3 saturated carbocycles. The summed E-state index contributed by atoms with van der Waals surface area (Å²) < 4.78 is 0. The van der Waals surface area contributed by atoms with E-state index in [0.29, 0.717) is 28.5 Å². The lowest BCUT2D eigenvalue weighted by molar-refractivity contribution is -0.127. The van der Waals surface area contributed by atoms with E-state index in [-0.39, 0.29) is 23.8 Å². The molecule has 0 aromatic carbocycles. The van der Waals surface area contributed by atoms with Crippen LogP contribution in [0.15, 0.2) is 0 Å². The minimum atomic E-state index is 0.179. The van der Waals surface area contributed by atoms with Crippen LogP contribution < -0.4 is 21.3 Å². The van der Waals surface area contributed by atoms with Gasteiger partial charge in [0.1, 0.15) is 0 Å². The minimum Gasteiger partial charge on any atom is -0.356 e. The van der Waals surface area contributed by atoms with Gasteiger partial charge in [0.25, 0.3) is 0 Å². The number of amides is 2. The summed E-state index contributed by atoms with van der Waals surface area (Å²) in [6, 6.07) is 0.289. The van der Waals surface area contributed by atoms with Crippen LogP contribution in [-0.2, 0) is 9.59 Å². The van der Waals surface area contributed by atoms with Gasteiger partial charge in [0.05, 0.1) is 0 Å². The largest absolute Gasteiger partial charge is 0.356 e. The third-order valence-corrected chi connectivity index (χ3v) is 10.5. The normalized spacial score (nSPS) is 43.2. The second-order valence-corrected chi connectivity index (χ2v) is 12.9. The summed E-state index contributed by atoms with van der Waals surface area (Å²) in [5.41, 5.74) is 0. The predicted octanol–water partition coefficient (Wildman–Crippen LogP) is 2.81. The Hall–Kier alpha value is -0.660. The summed E-state index contributed by atoms with van der Waals surface area (Å²) in [4.78, 5) is 26.1. The van der Waals surface area contributed by atoms with E-state index in [1.54, 1.807) is 0 Å². The molecule has 5 rings (SSSR count). The first-order chi connectivity index (χ1) is 16.1. The molecule has 7 heteroatoms. The number of piperidine rings is 2. The Kier molecular flexibility index (Phi) is 7.98. The Morgan fingerprint density at radius 3 is 2.42 bits per heavy atom. The molecule has 0 radical (unpaired) electrons. The fourth-order valence-corrected chi connectivity index (χ4v) is 8.09. The molecule has 2 heterocycles. The van der Waals surface area contributed by atoms with Crippen molar-refractivity contribution in [3.05, 3.63) is 0 Å². The molecule has 6 nitrogen and oxygen atoms in total. The van der Waals surface area contributed by atoms with Crippen LogP contribution in [0.1, 0.15) is 64.2 Å². The number of halogens is 1. The zero-order valence-corrected chi connectivity index (χ0v) is 21.6. The highest BCUT2D eigenvalue weighted by molar-refractivity contribution is 9.09. The van der Waals surface area contributed by atoms with E-state index in [1.807, 2.05) is 0 Å². The van der Waals surface area contributed by atoms with Crippen molar-refractivity contribution in [2.24, 2.45) is 41.4 Å². The summed E-state index contributed by atoms with van der Waals surface area (Å²) in [5, 5.41) is 13.6. The predicted molar refractivity (Wildman–Crippen MR) is 134 cm³/mol. The fourth-order valence-electron chi connectivity index (χ4n) is 7.26. The molecular weight excluding hydrogens is 480 g/mol. The van der Waals surface area contributed by atoms with E-state index < -0.39 is 0 Å². The zero-order valence-electron chi connectivity index (χ0n) is 20.0. The van der Waals surface area contributed by atoms with Gasteiger partial charge in [-0.2, -0.15) is 0 Å². The number of alkyl halides is 1. The second-order valence-electron chi connectivity index (χ2n) is 11.7. The van der Waals surface area contributed by atoms with Crippen LogP contribution in [0.2, 0.25) is 0 Å². The highest BCUT2D eigenvalue weighted by atomic mass is 79.9. The van der Waals surface area contributed by atoms with Crippen molar-refractivity contribution in [3.8, 4) is 0 Å². The van der Waals surface area contributed by atoms with Gasteiger partial charge in [-0.15, -0.1) is 0 Å². The Bertz CT molecular complexity index is 692. The van der Waals surface area contributed by atoms with Crippen LogP contribution in [-0.4, -0.2) is 55.4 Å². The lowest BCUT2D eigenvalue weighted by atomic mass is 9.73. The molecule has 0 aromatic heterocycles. The van der Waals surface area contributed by atoms with Gasteiger partial charge in [0.2, 0.25) is 11.8 Å². The van der Waals surface area contributed by atoms with Gasteiger partial charge in [0, 0.05) is 29.2 Å². The van der Waals surface area contributed by atoms with Gasteiger partial charge >= 0.3 is 0 Å². The quantitative estimate of drug-likeness (QED) is 0.404. The molecule has 186 valence electrons. The van der Waals surface area contributed by atoms with E-state index in [9.17, 15) is 9.59 Å².